The van der Waals surface area contributed by atoms with Crippen LogP contribution in [0.5, 0.6) is 0 Å². The molecule has 12 heavy (non-hydrogen) atoms. The summed E-state index contributed by atoms with van der Waals surface area (Å²) in [7, 11) is 0. The van der Waals surface area contributed by atoms with Crippen molar-refractivity contribution in [1.82, 2.24) is 14.6 Å². The molecule has 2 aromatic rings. The largest absolute Gasteiger partial charge is 0.220 e. The molecule has 2 aromatic heterocycles. The standard InChI is InChI=1S/C9H9N3/c1-3-8-4-7(2)9-10-6-11-12(9)5-8/h3-6H,1H2,2H3. The van der Waals surface area contributed by atoms with Gasteiger partial charge in [-0.3, -0.25) is 0 Å². The molecule has 0 saturated heterocycles. The van der Waals surface area contributed by atoms with Crippen molar-refractivity contribution in [3.8, 4) is 0 Å². The van der Waals surface area contributed by atoms with Gasteiger partial charge in [0.25, 0.3) is 0 Å². The van der Waals surface area contributed by atoms with E-state index < -0.39 is 0 Å². The Balaban J connectivity index is 2.83. The number of hydrogen-bond donors (Lipinski definition) is 0. The molecular formula is C9H9N3. The molecular weight excluding hydrogens is 150 g/mol. The van der Waals surface area contributed by atoms with Crippen LogP contribution in [-0.4, -0.2) is 14.6 Å². The van der Waals surface area contributed by atoms with Crippen molar-refractivity contribution in [2.45, 2.75) is 6.92 Å². The molecule has 0 aromatic carbocycles. The first kappa shape index (κ1) is 7.03. The summed E-state index contributed by atoms with van der Waals surface area (Å²) in [5.74, 6) is 0. The molecule has 2 rings (SSSR count). The zero-order chi connectivity index (χ0) is 8.55. The highest BCUT2D eigenvalue weighted by Crippen LogP contribution is 2.09. The fourth-order valence-corrected chi connectivity index (χ4v) is 1.23. The second-order valence-electron chi connectivity index (χ2n) is 2.69. The maximum absolute atomic E-state index is 4.11. The summed E-state index contributed by atoms with van der Waals surface area (Å²) in [4.78, 5) is 4.11. The van der Waals surface area contributed by atoms with Crippen molar-refractivity contribution >= 4 is 11.7 Å². The maximum Gasteiger partial charge on any atom is 0.158 e. The minimum absolute atomic E-state index is 0.903. The summed E-state index contributed by atoms with van der Waals surface area (Å²) in [6, 6.07) is 2.04. The summed E-state index contributed by atoms with van der Waals surface area (Å²) in [5, 5.41) is 4.05. The molecule has 2 heterocycles. The Labute approximate surface area is 70.4 Å². The highest BCUT2D eigenvalue weighted by Gasteiger charge is 1.99. The van der Waals surface area contributed by atoms with Gasteiger partial charge in [0.1, 0.15) is 6.33 Å². The predicted octanol–water partition coefficient (Wildman–Crippen LogP) is 1.68. The molecule has 0 bridgehead atoms. The Bertz CT molecular complexity index is 428. The van der Waals surface area contributed by atoms with Crippen molar-refractivity contribution in [3.05, 3.63) is 36.3 Å². The van der Waals surface area contributed by atoms with Crippen LogP contribution in [0.3, 0.4) is 0 Å². The Hall–Kier alpha value is -1.64. The molecule has 3 nitrogen and oxygen atoms in total. The van der Waals surface area contributed by atoms with Crippen molar-refractivity contribution < 1.29 is 0 Å². The molecule has 0 aliphatic rings. The van der Waals surface area contributed by atoms with Gasteiger partial charge in [-0.15, -0.1) is 0 Å². The van der Waals surface area contributed by atoms with Crippen LogP contribution in [-0.2, 0) is 0 Å². The Kier molecular flexibility index (Phi) is 1.43. The lowest BCUT2D eigenvalue weighted by Crippen LogP contribution is -1.90. The van der Waals surface area contributed by atoms with E-state index in [-0.39, 0.29) is 0 Å². The number of pyridine rings is 1. The first-order chi connectivity index (χ1) is 5.81. The number of fused-ring (bicyclic) bond motifs is 1. The predicted molar refractivity (Wildman–Crippen MR) is 47.8 cm³/mol. The van der Waals surface area contributed by atoms with Crippen LogP contribution in [0.2, 0.25) is 0 Å². The van der Waals surface area contributed by atoms with Crippen molar-refractivity contribution in [2.75, 3.05) is 0 Å². The van der Waals surface area contributed by atoms with E-state index in [1.807, 2.05) is 19.2 Å². The van der Waals surface area contributed by atoms with Gasteiger partial charge in [0, 0.05) is 6.20 Å². The lowest BCUT2D eigenvalue weighted by molar-refractivity contribution is 0.953. The van der Waals surface area contributed by atoms with Gasteiger partial charge in [-0.25, -0.2) is 9.50 Å². The summed E-state index contributed by atoms with van der Waals surface area (Å²) in [5.41, 5.74) is 3.08. The van der Waals surface area contributed by atoms with E-state index in [0.29, 0.717) is 0 Å². The molecule has 0 aliphatic heterocycles. The normalized spacial score (nSPS) is 10.4. The second kappa shape index (κ2) is 2.44. The van der Waals surface area contributed by atoms with Crippen molar-refractivity contribution in [1.29, 1.82) is 0 Å². The summed E-state index contributed by atoms with van der Waals surface area (Å²) < 4.78 is 1.76. The zero-order valence-corrected chi connectivity index (χ0v) is 6.86. The van der Waals surface area contributed by atoms with Crippen LogP contribution in [0.15, 0.2) is 25.2 Å². The van der Waals surface area contributed by atoms with E-state index in [4.69, 9.17) is 0 Å². The van der Waals surface area contributed by atoms with Gasteiger partial charge in [-0.05, 0) is 24.1 Å². The summed E-state index contributed by atoms with van der Waals surface area (Å²) >= 11 is 0. The highest BCUT2D eigenvalue weighted by molar-refractivity contribution is 5.54. The fourth-order valence-electron chi connectivity index (χ4n) is 1.23. The fraction of sp³-hybridized carbons (Fsp3) is 0.111. The van der Waals surface area contributed by atoms with Crippen LogP contribution >= 0.6 is 0 Å². The molecule has 0 unspecified atom stereocenters. The average Bonchev–Trinajstić information content (AvgIpc) is 2.52. The SMILES string of the molecule is C=Cc1cc(C)c2ncnn2c1. The number of hydrogen-bond acceptors (Lipinski definition) is 2. The lowest BCUT2D eigenvalue weighted by atomic mass is 10.2. The quantitative estimate of drug-likeness (QED) is 0.633. The third kappa shape index (κ3) is 0.906. The Morgan fingerprint density at radius 2 is 2.42 bits per heavy atom. The van der Waals surface area contributed by atoms with Crippen molar-refractivity contribution in [2.24, 2.45) is 0 Å². The first-order valence-electron chi connectivity index (χ1n) is 3.73. The molecule has 60 valence electrons. The second-order valence-corrected chi connectivity index (χ2v) is 2.69. The molecule has 0 radical (unpaired) electrons. The minimum atomic E-state index is 0.903. The monoisotopic (exact) mass is 159 g/mol. The molecule has 0 saturated carbocycles. The summed E-state index contributed by atoms with van der Waals surface area (Å²) in [6.45, 7) is 5.71. The molecule has 0 aliphatic carbocycles. The smallest absolute Gasteiger partial charge is 0.158 e. The van der Waals surface area contributed by atoms with Gasteiger partial charge in [0.2, 0.25) is 0 Å². The highest BCUT2D eigenvalue weighted by atomic mass is 15.3. The van der Waals surface area contributed by atoms with Crippen LogP contribution in [0, 0.1) is 6.92 Å². The van der Waals surface area contributed by atoms with Gasteiger partial charge in [0.15, 0.2) is 5.65 Å². The average molecular weight is 159 g/mol. The van der Waals surface area contributed by atoms with E-state index in [9.17, 15) is 0 Å². The number of rotatable bonds is 1. The van der Waals surface area contributed by atoms with Gasteiger partial charge in [0.05, 0.1) is 0 Å². The molecule has 0 fully saturated rings. The Morgan fingerprint density at radius 1 is 1.58 bits per heavy atom. The van der Waals surface area contributed by atoms with Gasteiger partial charge in [-0.1, -0.05) is 12.7 Å². The number of nitrogens with zero attached hydrogens (tertiary/aromatic N) is 3. The van der Waals surface area contributed by atoms with E-state index in [1.54, 1.807) is 16.9 Å². The molecule has 0 amide bonds. The van der Waals surface area contributed by atoms with Crippen LogP contribution in [0.1, 0.15) is 11.1 Å². The topological polar surface area (TPSA) is 30.2 Å². The third-order valence-electron chi connectivity index (χ3n) is 1.82. The third-order valence-corrected chi connectivity index (χ3v) is 1.82. The Morgan fingerprint density at radius 3 is 3.17 bits per heavy atom. The van der Waals surface area contributed by atoms with E-state index in [0.717, 1.165) is 16.8 Å². The van der Waals surface area contributed by atoms with Gasteiger partial charge >= 0.3 is 0 Å². The molecule has 0 spiro atoms. The summed E-state index contributed by atoms with van der Waals surface area (Å²) in [6.07, 6.45) is 5.26. The zero-order valence-electron chi connectivity index (χ0n) is 6.86. The van der Waals surface area contributed by atoms with E-state index >= 15 is 0 Å². The van der Waals surface area contributed by atoms with E-state index in [2.05, 4.69) is 16.7 Å². The molecule has 3 heteroatoms. The lowest BCUT2D eigenvalue weighted by Gasteiger charge is -1.98. The molecule has 0 atom stereocenters. The van der Waals surface area contributed by atoms with E-state index in [1.165, 1.54) is 0 Å². The maximum atomic E-state index is 4.11. The van der Waals surface area contributed by atoms with Crippen LogP contribution in [0.4, 0.5) is 0 Å². The van der Waals surface area contributed by atoms with Gasteiger partial charge in [-0.2, -0.15) is 5.10 Å². The number of aryl methyl sites for hydroxylation is 1. The van der Waals surface area contributed by atoms with Crippen LogP contribution in [0.25, 0.3) is 11.7 Å². The first-order valence-corrected chi connectivity index (χ1v) is 3.73. The number of aromatic nitrogens is 3. The van der Waals surface area contributed by atoms with Gasteiger partial charge < -0.3 is 0 Å². The minimum Gasteiger partial charge on any atom is -0.220 e. The van der Waals surface area contributed by atoms with Crippen LogP contribution < -0.4 is 0 Å². The molecule has 0 N–H and O–H groups in total. The van der Waals surface area contributed by atoms with Crippen molar-refractivity contribution in [3.63, 3.8) is 0 Å².